The number of nitrogens with one attached hydrogen (secondary N) is 2. The first-order chi connectivity index (χ1) is 14.3. The van der Waals surface area contributed by atoms with Crippen molar-refractivity contribution >= 4 is 21.7 Å². The zero-order chi connectivity index (χ0) is 21.7. The first-order valence-electron chi connectivity index (χ1n) is 9.38. The van der Waals surface area contributed by atoms with Crippen LogP contribution < -0.4 is 14.8 Å². The van der Waals surface area contributed by atoms with E-state index in [9.17, 15) is 13.2 Å². The van der Waals surface area contributed by atoms with Crippen LogP contribution in [0.5, 0.6) is 5.75 Å². The number of methoxy groups -OCH3 is 1. The summed E-state index contributed by atoms with van der Waals surface area (Å²) in [5, 5.41) is 7.02. The van der Waals surface area contributed by atoms with E-state index in [0.29, 0.717) is 11.6 Å². The molecule has 0 spiro atoms. The Morgan fingerprint density at radius 1 is 1.03 bits per heavy atom. The van der Waals surface area contributed by atoms with E-state index in [1.807, 2.05) is 30.3 Å². The summed E-state index contributed by atoms with van der Waals surface area (Å²) < 4.78 is 34.6. The van der Waals surface area contributed by atoms with Gasteiger partial charge in [0.1, 0.15) is 11.8 Å². The van der Waals surface area contributed by atoms with E-state index in [2.05, 4.69) is 15.1 Å². The zero-order valence-electron chi connectivity index (χ0n) is 16.9. The van der Waals surface area contributed by atoms with Crippen LogP contribution in [0.2, 0.25) is 0 Å². The van der Waals surface area contributed by atoms with Gasteiger partial charge >= 0.3 is 0 Å². The molecule has 2 N–H and O–H groups in total. The molecule has 0 fully saturated rings. The zero-order valence-corrected chi connectivity index (χ0v) is 17.8. The van der Waals surface area contributed by atoms with Crippen LogP contribution in [0.3, 0.4) is 0 Å². The molecule has 3 aromatic rings. The van der Waals surface area contributed by atoms with Crippen molar-refractivity contribution in [2.45, 2.75) is 24.8 Å². The van der Waals surface area contributed by atoms with Crippen LogP contribution in [0.15, 0.2) is 71.8 Å². The Balaban J connectivity index is 1.74. The largest absolute Gasteiger partial charge is 0.497 e. The summed E-state index contributed by atoms with van der Waals surface area (Å²) >= 11 is 0. The molecule has 0 bridgehead atoms. The Hall–Kier alpha value is -3.17. The number of anilines is 1. The first-order valence-corrected chi connectivity index (χ1v) is 10.9. The van der Waals surface area contributed by atoms with Crippen LogP contribution >= 0.6 is 0 Å². The van der Waals surface area contributed by atoms with E-state index in [1.165, 1.54) is 19.2 Å². The molecule has 8 nitrogen and oxygen atoms in total. The molecule has 2 aromatic carbocycles. The van der Waals surface area contributed by atoms with Gasteiger partial charge in [-0.2, -0.15) is 9.82 Å². The van der Waals surface area contributed by atoms with Crippen molar-refractivity contribution in [1.29, 1.82) is 0 Å². The van der Waals surface area contributed by atoms with E-state index in [0.717, 1.165) is 5.69 Å². The van der Waals surface area contributed by atoms with Crippen LogP contribution in [0, 0.1) is 5.92 Å². The fraction of sp³-hybridized carbons (Fsp3) is 0.238. The molecule has 0 aliphatic heterocycles. The lowest BCUT2D eigenvalue weighted by Gasteiger charge is -2.21. The number of hydrogen-bond donors (Lipinski definition) is 2. The molecule has 158 valence electrons. The normalized spacial score (nSPS) is 12.5. The van der Waals surface area contributed by atoms with Gasteiger partial charge in [0.15, 0.2) is 5.82 Å². The number of sulfonamides is 1. The summed E-state index contributed by atoms with van der Waals surface area (Å²) in [4.78, 5) is 12.9. The third-order valence-electron chi connectivity index (χ3n) is 4.46. The fourth-order valence-corrected chi connectivity index (χ4v) is 4.15. The quantitative estimate of drug-likeness (QED) is 0.574. The molecule has 0 aliphatic carbocycles. The highest BCUT2D eigenvalue weighted by molar-refractivity contribution is 7.89. The highest BCUT2D eigenvalue weighted by Gasteiger charge is 2.29. The Morgan fingerprint density at radius 2 is 1.70 bits per heavy atom. The predicted molar refractivity (Wildman–Crippen MR) is 114 cm³/mol. The van der Waals surface area contributed by atoms with Gasteiger partial charge in [0.25, 0.3) is 0 Å². The minimum absolute atomic E-state index is 0.0510. The van der Waals surface area contributed by atoms with Gasteiger partial charge in [-0.3, -0.25) is 4.79 Å². The smallest absolute Gasteiger partial charge is 0.244 e. The number of para-hydroxylation sites is 1. The SMILES string of the molecule is COc1ccc(S(=O)(=O)N[C@H](C(=O)Nc2ccn(-c3ccccc3)n2)C(C)C)cc1. The topological polar surface area (TPSA) is 102 Å². The highest BCUT2D eigenvalue weighted by atomic mass is 32.2. The van der Waals surface area contributed by atoms with E-state index < -0.39 is 22.0 Å². The van der Waals surface area contributed by atoms with Crippen LogP contribution in [-0.4, -0.2) is 37.3 Å². The van der Waals surface area contributed by atoms with Crippen LogP contribution in [-0.2, 0) is 14.8 Å². The molecule has 1 heterocycles. The van der Waals surface area contributed by atoms with Crippen molar-refractivity contribution < 1.29 is 17.9 Å². The fourth-order valence-electron chi connectivity index (χ4n) is 2.80. The van der Waals surface area contributed by atoms with E-state index in [4.69, 9.17) is 4.74 Å². The summed E-state index contributed by atoms with van der Waals surface area (Å²) in [6.45, 7) is 3.53. The Bertz CT molecular complexity index is 1090. The van der Waals surface area contributed by atoms with Crippen molar-refractivity contribution in [1.82, 2.24) is 14.5 Å². The molecule has 0 aliphatic rings. The minimum Gasteiger partial charge on any atom is -0.497 e. The molecule has 0 radical (unpaired) electrons. The highest BCUT2D eigenvalue weighted by Crippen LogP contribution is 2.17. The average Bonchev–Trinajstić information content (AvgIpc) is 3.21. The van der Waals surface area contributed by atoms with Crippen molar-refractivity contribution in [2.75, 3.05) is 12.4 Å². The van der Waals surface area contributed by atoms with Crippen LogP contribution in [0.4, 0.5) is 5.82 Å². The standard InChI is InChI=1S/C21H24N4O4S/c1-15(2)20(24-30(27,28)18-11-9-17(29-3)10-12-18)21(26)22-19-13-14-25(23-19)16-7-5-4-6-8-16/h4-15,20,24H,1-3H3,(H,22,23,26)/t20-/m0/s1. The Labute approximate surface area is 175 Å². The number of aromatic nitrogens is 2. The molecule has 1 amide bonds. The first kappa shape index (κ1) is 21.5. The van der Waals surface area contributed by atoms with Crippen molar-refractivity contribution in [3.63, 3.8) is 0 Å². The number of carbonyl (C=O) groups is 1. The predicted octanol–water partition coefficient (Wildman–Crippen LogP) is 2.82. The van der Waals surface area contributed by atoms with Gasteiger partial charge in [-0.05, 0) is 42.3 Å². The number of benzene rings is 2. The number of carbonyl (C=O) groups excluding carboxylic acids is 1. The molecule has 1 atom stereocenters. The molecule has 0 saturated heterocycles. The second kappa shape index (κ2) is 9.10. The molecule has 0 saturated carbocycles. The monoisotopic (exact) mass is 428 g/mol. The van der Waals surface area contributed by atoms with Gasteiger partial charge < -0.3 is 10.1 Å². The maximum atomic E-state index is 12.8. The van der Waals surface area contributed by atoms with E-state index >= 15 is 0 Å². The number of hydrogen-bond acceptors (Lipinski definition) is 5. The molecular weight excluding hydrogens is 404 g/mol. The lowest BCUT2D eigenvalue weighted by Crippen LogP contribution is -2.47. The van der Waals surface area contributed by atoms with Gasteiger partial charge in [0, 0.05) is 12.3 Å². The minimum atomic E-state index is -3.90. The van der Waals surface area contributed by atoms with Gasteiger partial charge in [-0.1, -0.05) is 32.0 Å². The second-order valence-electron chi connectivity index (χ2n) is 6.99. The Morgan fingerprint density at radius 3 is 2.30 bits per heavy atom. The molecule has 0 unspecified atom stereocenters. The maximum Gasteiger partial charge on any atom is 0.244 e. The lowest BCUT2D eigenvalue weighted by molar-refractivity contribution is -0.118. The second-order valence-corrected chi connectivity index (χ2v) is 8.70. The summed E-state index contributed by atoms with van der Waals surface area (Å²) in [5.74, 6) is 0.105. The van der Waals surface area contributed by atoms with E-state index in [1.54, 1.807) is 42.9 Å². The Kier molecular flexibility index (Phi) is 6.53. The molecule has 30 heavy (non-hydrogen) atoms. The van der Waals surface area contributed by atoms with Crippen molar-refractivity contribution in [3.8, 4) is 11.4 Å². The summed E-state index contributed by atoms with van der Waals surface area (Å²) in [6, 6.07) is 16.1. The van der Waals surface area contributed by atoms with Crippen molar-refractivity contribution in [3.05, 3.63) is 66.9 Å². The van der Waals surface area contributed by atoms with Crippen molar-refractivity contribution in [2.24, 2.45) is 5.92 Å². The summed E-state index contributed by atoms with van der Waals surface area (Å²) in [7, 11) is -2.40. The van der Waals surface area contributed by atoms with Gasteiger partial charge in [0.05, 0.1) is 17.7 Å². The third-order valence-corrected chi connectivity index (χ3v) is 5.92. The number of rotatable bonds is 8. The molecule has 3 rings (SSSR count). The maximum absolute atomic E-state index is 12.8. The number of amides is 1. The van der Waals surface area contributed by atoms with Gasteiger partial charge in [0.2, 0.25) is 15.9 Å². The molecule has 9 heteroatoms. The van der Waals surface area contributed by atoms with Gasteiger partial charge in [-0.25, -0.2) is 13.1 Å². The van der Waals surface area contributed by atoms with Gasteiger partial charge in [-0.15, -0.1) is 0 Å². The molecule has 1 aromatic heterocycles. The third kappa shape index (κ3) is 5.05. The number of nitrogens with zero attached hydrogens (tertiary/aromatic N) is 2. The lowest BCUT2D eigenvalue weighted by atomic mass is 10.1. The summed E-state index contributed by atoms with van der Waals surface area (Å²) in [5.41, 5.74) is 0.846. The van der Waals surface area contributed by atoms with Crippen LogP contribution in [0.25, 0.3) is 5.69 Å². The van der Waals surface area contributed by atoms with Crippen LogP contribution in [0.1, 0.15) is 13.8 Å². The molecular formula is C21H24N4O4S. The number of ether oxygens (including phenoxy) is 1. The van der Waals surface area contributed by atoms with E-state index in [-0.39, 0.29) is 10.8 Å². The summed E-state index contributed by atoms with van der Waals surface area (Å²) in [6.07, 6.45) is 1.72. The average molecular weight is 429 g/mol.